The topological polar surface area (TPSA) is 43.4 Å². The van der Waals surface area contributed by atoms with Crippen LogP contribution in [0.1, 0.15) is 30.5 Å². The van der Waals surface area contributed by atoms with Crippen molar-refractivity contribution < 1.29 is 9.47 Å². The van der Waals surface area contributed by atoms with Gasteiger partial charge in [0, 0.05) is 31.4 Å². The lowest BCUT2D eigenvalue weighted by atomic mass is 10.1. The van der Waals surface area contributed by atoms with Crippen LogP contribution in [0.5, 0.6) is 11.5 Å². The summed E-state index contributed by atoms with van der Waals surface area (Å²) in [7, 11) is 0. The fourth-order valence-corrected chi connectivity index (χ4v) is 2.34. The van der Waals surface area contributed by atoms with Crippen molar-refractivity contribution in [3.63, 3.8) is 0 Å². The van der Waals surface area contributed by atoms with E-state index in [9.17, 15) is 0 Å². The molecule has 1 aromatic carbocycles. The Kier molecular flexibility index (Phi) is 4.36. The van der Waals surface area contributed by atoms with Gasteiger partial charge in [0.2, 0.25) is 0 Å². The molecule has 4 nitrogen and oxygen atoms in total. The van der Waals surface area contributed by atoms with Crippen molar-refractivity contribution in [2.45, 2.75) is 25.9 Å². The molecule has 2 heterocycles. The summed E-state index contributed by atoms with van der Waals surface area (Å²) in [5, 5.41) is 3.50. The molecule has 4 heteroatoms. The number of ether oxygens (including phenoxy) is 2. The van der Waals surface area contributed by atoms with E-state index in [2.05, 4.69) is 35.4 Å². The zero-order valence-corrected chi connectivity index (χ0v) is 12.2. The van der Waals surface area contributed by atoms with E-state index in [0.29, 0.717) is 6.61 Å². The van der Waals surface area contributed by atoms with Crippen LogP contribution in [0.3, 0.4) is 0 Å². The van der Waals surface area contributed by atoms with E-state index < -0.39 is 0 Å². The van der Waals surface area contributed by atoms with Gasteiger partial charge >= 0.3 is 0 Å². The third kappa shape index (κ3) is 3.52. The lowest BCUT2D eigenvalue weighted by Crippen LogP contribution is -2.18. The summed E-state index contributed by atoms with van der Waals surface area (Å²) in [5.41, 5.74) is 2.38. The monoisotopic (exact) mass is 284 g/mol. The third-order valence-electron chi connectivity index (χ3n) is 3.61. The molecule has 1 unspecified atom stereocenters. The number of benzene rings is 1. The first-order valence-electron chi connectivity index (χ1n) is 7.35. The molecule has 110 valence electrons. The smallest absolute Gasteiger partial charge is 0.161 e. The minimum atomic E-state index is 0.238. The van der Waals surface area contributed by atoms with Gasteiger partial charge in [-0.2, -0.15) is 0 Å². The van der Waals surface area contributed by atoms with Crippen LogP contribution >= 0.6 is 0 Å². The van der Waals surface area contributed by atoms with Crippen molar-refractivity contribution in [1.29, 1.82) is 0 Å². The summed E-state index contributed by atoms with van der Waals surface area (Å²) in [6, 6.07) is 10.4. The Hall–Kier alpha value is -2.07. The molecule has 0 amide bonds. The Balaban J connectivity index is 1.67. The zero-order chi connectivity index (χ0) is 14.5. The molecule has 21 heavy (non-hydrogen) atoms. The molecule has 0 saturated carbocycles. The van der Waals surface area contributed by atoms with Crippen molar-refractivity contribution in [2.24, 2.45) is 0 Å². The first-order chi connectivity index (χ1) is 10.3. The standard InChI is InChI=1S/C17H20N2O2/c1-13(19-12-14-4-2-7-18-11-14)15-5-6-16-17(10-15)21-9-3-8-20-16/h2,4-7,10-11,13,19H,3,8-9,12H2,1H3. The predicted octanol–water partition coefficient (Wildman–Crippen LogP) is 3.09. The average molecular weight is 284 g/mol. The number of pyridine rings is 1. The normalized spacial score (nSPS) is 15.3. The minimum Gasteiger partial charge on any atom is -0.490 e. The highest BCUT2D eigenvalue weighted by Gasteiger charge is 2.13. The molecule has 1 aliphatic heterocycles. The van der Waals surface area contributed by atoms with Crippen LogP contribution in [-0.2, 0) is 6.54 Å². The van der Waals surface area contributed by atoms with Crippen molar-refractivity contribution in [3.8, 4) is 11.5 Å². The first-order valence-corrected chi connectivity index (χ1v) is 7.35. The van der Waals surface area contributed by atoms with Gasteiger partial charge in [0.1, 0.15) is 0 Å². The number of aromatic nitrogens is 1. The van der Waals surface area contributed by atoms with E-state index in [1.807, 2.05) is 18.3 Å². The molecule has 2 aromatic rings. The van der Waals surface area contributed by atoms with Gasteiger partial charge in [-0.15, -0.1) is 0 Å². The van der Waals surface area contributed by atoms with Gasteiger partial charge in [0.15, 0.2) is 11.5 Å². The van der Waals surface area contributed by atoms with Crippen molar-refractivity contribution in [3.05, 3.63) is 53.9 Å². The van der Waals surface area contributed by atoms with E-state index in [-0.39, 0.29) is 6.04 Å². The lowest BCUT2D eigenvalue weighted by molar-refractivity contribution is 0.297. The number of rotatable bonds is 4. The van der Waals surface area contributed by atoms with Gasteiger partial charge in [0.05, 0.1) is 13.2 Å². The molecule has 3 rings (SSSR count). The van der Waals surface area contributed by atoms with Crippen LogP contribution in [0.2, 0.25) is 0 Å². The van der Waals surface area contributed by atoms with Gasteiger partial charge < -0.3 is 14.8 Å². The molecule has 0 aliphatic carbocycles. The Morgan fingerprint density at radius 2 is 2.05 bits per heavy atom. The Morgan fingerprint density at radius 1 is 1.19 bits per heavy atom. The summed E-state index contributed by atoms with van der Waals surface area (Å²) < 4.78 is 11.4. The highest BCUT2D eigenvalue weighted by atomic mass is 16.5. The fourth-order valence-electron chi connectivity index (χ4n) is 2.34. The van der Waals surface area contributed by atoms with Crippen LogP contribution in [0, 0.1) is 0 Å². The summed E-state index contributed by atoms with van der Waals surface area (Å²) in [5.74, 6) is 1.69. The van der Waals surface area contributed by atoms with E-state index >= 15 is 0 Å². The molecular weight excluding hydrogens is 264 g/mol. The molecule has 1 aromatic heterocycles. The predicted molar refractivity (Wildman–Crippen MR) is 81.5 cm³/mol. The maximum Gasteiger partial charge on any atom is 0.161 e. The maximum absolute atomic E-state index is 5.74. The van der Waals surface area contributed by atoms with Crippen LogP contribution in [0.4, 0.5) is 0 Å². The molecule has 0 saturated heterocycles. The maximum atomic E-state index is 5.74. The molecular formula is C17H20N2O2. The molecule has 1 N–H and O–H groups in total. The molecule has 0 radical (unpaired) electrons. The second-order valence-corrected chi connectivity index (χ2v) is 5.22. The number of hydrogen-bond donors (Lipinski definition) is 1. The number of nitrogens with one attached hydrogen (secondary N) is 1. The minimum absolute atomic E-state index is 0.238. The summed E-state index contributed by atoms with van der Waals surface area (Å²) in [6.45, 7) is 4.38. The zero-order valence-electron chi connectivity index (χ0n) is 12.2. The molecule has 0 bridgehead atoms. The fraction of sp³-hybridized carbons (Fsp3) is 0.353. The first kappa shape index (κ1) is 13.9. The van der Waals surface area contributed by atoms with Gasteiger partial charge in [-0.05, 0) is 36.2 Å². The largest absolute Gasteiger partial charge is 0.490 e. The Morgan fingerprint density at radius 3 is 2.86 bits per heavy atom. The number of nitrogens with zero attached hydrogens (tertiary/aromatic N) is 1. The van der Waals surface area contributed by atoms with Crippen LogP contribution in [-0.4, -0.2) is 18.2 Å². The number of hydrogen-bond acceptors (Lipinski definition) is 4. The quantitative estimate of drug-likeness (QED) is 0.937. The third-order valence-corrected chi connectivity index (χ3v) is 3.61. The number of fused-ring (bicyclic) bond motifs is 1. The second kappa shape index (κ2) is 6.59. The van der Waals surface area contributed by atoms with Crippen LogP contribution < -0.4 is 14.8 Å². The molecule has 1 atom stereocenters. The van der Waals surface area contributed by atoms with Crippen LogP contribution in [0.25, 0.3) is 0 Å². The van der Waals surface area contributed by atoms with Gasteiger partial charge in [-0.25, -0.2) is 0 Å². The van der Waals surface area contributed by atoms with Crippen molar-refractivity contribution in [2.75, 3.05) is 13.2 Å². The molecule has 1 aliphatic rings. The van der Waals surface area contributed by atoms with Gasteiger partial charge in [0.25, 0.3) is 0 Å². The highest BCUT2D eigenvalue weighted by Crippen LogP contribution is 2.32. The molecule has 0 fully saturated rings. The summed E-state index contributed by atoms with van der Waals surface area (Å²) in [4.78, 5) is 4.13. The lowest BCUT2D eigenvalue weighted by Gasteiger charge is -2.16. The SMILES string of the molecule is CC(NCc1cccnc1)c1ccc2c(c1)OCCCO2. The second-order valence-electron chi connectivity index (χ2n) is 5.22. The van der Waals surface area contributed by atoms with E-state index in [4.69, 9.17) is 9.47 Å². The van der Waals surface area contributed by atoms with Crippen LogP contribution in [0.15, 0.2) is 42.7 Å². The molecule has 0 spiro atoms. The Labute approximate surface area is 125 Å². The van der Waals surface area contributed by atoms with E-state index in [1.54, 1.807) is 6.20 Å². The van der Waals surface area contributed by atoms with Gasteiger partial charge in [-0.3, -0.25) is 4.98 Å². The van der Waals surface area contributed by atoms with E-state index in [0.717, 1.165) is 31.1 Å². The summed E-state index contributed by atoms with van der Waals surface area (Å²) >= 11 is 0. The van der Waals surface area contributed by atoms with Crippen molar-refractivity contribution in [1.82, 2.24) is 10.3 Å². The van der Waals surface area contributed by atoms with E-state index in [1.165, 1.54) is 11.1 Å². The highest BCUT2D eigenvalue weighted by molar-refractivity contribution is 5.44. The van der Waals surface area contributed by atoms with Gasteiger partial charge in [-0.1, -0.05) is 12.1 Å². The van der Waals surface area contributed by atoms with Crippen molar-refractivity contribution >= 4 is 0 Å². The Bertz CT molecular complexity index is 587. The summed E-state index contributed by atoms with van der Waals surface area (Å²) in [6.07, 6.45) is 4.60. The average Bonchev–Trinajstić information content (AvgIpc) is 2.78.